The SMILES string of the molecule is O=C(CCC1CC1)Nc1nn(-c2cccc(F)c2)c2cccc(N3CCOCC3)c12. The van der Waals surface area contributed by atoms with E-state index >= 15 is 0 Å². The summed E-state index contributed by atoms with van der Waals surface area (Å²) < 4.78 is 21.1. The third-order valence-electron chi connectivity index (χ3n) is 5.82. The van der Waals surface area contributed by atoms with Gasteiger partial charge in [0.2, 0.25) is 5.91 Å². The zero-order chi connectivity index (χ0) is 20.5. The zero-order valence-corrected chi connectivity index (χ0v) is 16.8. The first-order valence-electron chi connectivity index (χ1n) is 10.6. The molecule has 30 heavy (non-hydrogen) atoms. The van der Waals surface area contributed by atoms with E-state index in [2.05, 4.69) is 10.2 Å². The van der Waals surface area contributed by atoms with Gasteiger partial charge >= 0.3 is 0 Å². The van der Waals surface area contributed by atoms with Crippen molar-refractivity contribution >= 4 is 28.3 Å². The van der Waals surface area contributed by atoms with Crippen molar-refractivity contribution in [1.82, 2.24) is 9.78 Å². The number of aromatic nitrogens is 2. The highest BCUT2D eigenvalue weighted by atomic mass is 19.1. The van der Waals surface area contributed by atoms with Crippen LogP contribution in [0.4, 0.5) is 15.9 Å². The van der Waals surface area contributed by atoms with Crippen LogP contribution in [-0.4, -0.2) is 42.0 Å². The predicted octanol–water partition coefficient (Wildman–Crippen LogP) is 4.13. The predicted molar refractivity (Wildman–Crippen MR) is 115 cm³/mol. The van der Waals surface area contributed by atoms with E-state index in [9.17, 15) is 9.18 Å². The standard InChI is InChI=1S/C23H25FN4O2/c24-17-3-1-4-18(15-17)28-20-6-2-5-19(27-11-13-30-14-12-27)22(20)23(26-28)25-21(29)10-9-16-7-8-16/h1-6,15-16H,7-14H2,(H,25,26,29). The number of ether oxygens (including phenoxy) is 1. The number of morpholine rings is 1. The lowest BCUT2D eigenvalue weighted by atomic mass is 10.1. The number of benzene rings is 2. The van der Waals surface area contributed by atoms with Gasteiger partial charge in [0.05, 0.1) is 35.5 Å². The summed E-state index contributed by atoms with van der Waals surface area (Å²) in [6, 6.07) is 12.3. The first-order valence-corrected chi connectivity index (χ1v) is 10.6. The van der Waals surface area contributed by atoms with Crippen molar-refractivity contribution in [3.63, 3.8) is 0 Å². The smallest absolute Gasteiger partial charge is 0.225 e. The summed E-state index contributed by atoms with van der Waals surface area (Å²) in [5.41, 5.74) is 2.47. The maximum Gasteiger partial charge on any atom is 0.225 e. The van der Waals surface area contributed by atoms with E-state index in [1.54, 1.807) is 10.7 Å². The number of nitrogens with one attached hydrogen (secondary N) is 1. The number of carbonyl (C=O) groups is 1. The summed E-state index contributed by atoms with van der Waals surface area (Å²) in [7, 11) is 0. The van der Waals surface area contributed by atoms with Crippen LogP contribution in [0.3, 0.4) is 0 Å². The number of nitrogens with zero attached hydrogens (tertiary/aromatic N) is 3. The molecule has 1 aromatic heterocycles. The van der Waals surface area contributed by atoms with Crippen LogP contribution in [-0.2, 0) is 9.53 Å². The Bertz CT molecular complexity index is 1070. The zero-order valence-electron chi connectivity index (χ0n) is 16.8. The van der Waals surface area contributed by atoms with Crippen molar-refractivity contribution in [2.75, 3.05) is 36.5 Å². The van der Waals surface area contributed by atoms with Crippen LogP contribution in [0.1, 0.15) is 25.7 Å². The Morgan fingerprint density at radius 2 is 1.97 bits per heavy atom. The number of hydrogen-bond donors (Lipinski definition) is 1. The Kier molecular flexibility index (Phi) is 5.12. The van der Waals surface area contributed by atoms with Gasteiger partial charge in [-0.25, -0.2) is 9.07 Å². The Hall–Kier alpha value is -2.93. The highest BCUT2D eigenvalue weighted by Gasteiger charge is 2.24. The lowest BCUT2D eigenvalue weighted by molar-refractivity contribution is -0.116. The van der Waals surface area contributed by atoms with Gasteiger partial charge in [-0.05, 0) is 42.7 Å². The molecule has 1 aliphatic carbocycles. The molecule has 156 valence electrons. The monoisotopic (exact) mass is 408 g/mol. The summed E-state index contributed by atoms with van der Waals surface area (Å²) in [5, 5.41) is 8.61. The molecule has 0 spiro atoms. The van der Waals surface area contributed by atoms with E-state index in [0.29, 0.717) is 37.1 Å². The van der Waals surface area contributed by atoms with Crippen LogP contribution < -0.4 is 10.2 Å². The van der Waals surface area contributed by atoms with Crippen LogP contribution in [0.15, 0.2) is 42.5 Å². The maximum atomic E-state index is 13.9. The van der Waals surface area contributed by atoms with E-state index < -0.39 is 0 Å². The first kappa shape index (κ1) is 19.1. The van der Waals surface area contributed by atoms with Gasteiger partial charge in [-0.1, -0.05) is 25.0 Å². The summed E-state index contributed by atoms with van der Waals surface area (Å²) in [6.45, 7) is 2.88. The average molecular weight is 408 g/mol. The fourth-order valence-corrected chi connectivity index (χ4v) is 4.05. The lowest BCUT2D eigenvalue weighted by Gasteiger charge is -2.29. The third kappa shape index (κ3) is 3.89. The van der Waals surface area contributed by atoms with Crippen LogP contribution in [0.25, 0.3) is 16.6 Å². The molecule has 2 fully saturated rings. The second-order valence-electron chi connectivity index (χ2n) is 8.04. The Morgan fingerprint density at radius 3 is 2.73 bits per heavy atom. The Morgan fingerprint density at radius 1 is 1.17 bits per heavy atom. The quantitative estimate of drug-likeness (QED) is 0.666. The van der Waals surface area contributed by atoms with Gasteiger partial charge in [-0.15, -0.1) is 5.10 Å². The number of fused-ring (bicyclic) bond motifs is 1. The summed E-state index contributed by atoms with van der Waals surface area (Å²) in [4.78, 5) is 14.9. The summed E-state index contributed by atoms with van der Waals surface area (Å²) in [5.74, 6) is 0.874. The molecular weight excluding hydrogens is 383 g/mol. The molecule has 0 atom stereocenters. The topological polar surface area (TPSA) is 59.4 Å². The fraction of sp³-hybridized carbons (Fsp3) is 0.391. The number of amides is 1. The maximum absolute atomic E-state index is 13.9. The van der Waals surface area contributed by atoms with Gasteiger partial charge in [-0.3, -0.25) is 4.79 Å². The summed E-state index contributed by atoms with van der Waals surface area (Å²) >= 11 is 0. The molecule has 6 nitrogen and oxygen atoms in total. The molecule has 0 bridgehead atoms. The number of halogens is 1. The van der Waals surface area contributed by atoms with Gasteiger partial charge in [0.25, 0.3) is 0 Å². The number of hydrogen-bond acceptors (Lipinski definition) is 4. The molecule has 2 aliphatic rings. The van der Waals surface area contributed by atoms with Gasteiger partial charge < -0.3 is 15.0 Å². The van der Waals surface area contributed by atoms with E-state index in [1.807, 2.05) is 24.3 Å². The van der Waals surface area contributed by atoms with Crippen molar-refractivity contribution in [3.8, 4) is 5.69 Å². The van der Waals surface area contributed by atoms with Gasteiger partial charge in [0.15, 0.2) is 5.82 Å². The fourth-order valence-electron chi connectivity index (χ4n) is 4.05. The van der Waals surface area contributed by atoms with Crippen molar-refractivity contribution in [2.24, 2.45) is 5.92 Å². The van der Waals surface area contributed by atoms with Crippen LogP contribution in [0, 0.1) is 11.7 Å². The minimum atomic E-state index is -0.324. The molecule has 1 N–H and O–H groups in total. The molecule has 7 heteroatoms. The summed E-state index contributed by atoms with van der Waals surface area (Å²) in [6.07, 6.45) is 3.88. The molecular formula is C23H25FN4O2. The Balaban J connectivity index is 1.57. The number of rotatable bonds is 6. The van der Waals surface area contributed by atoms with Crippen molar-refractivity contribution in [1.29, 1.82) is 0 Å². The lowest BCUT2D eigenvalue weighted by Crippen LogP contribution is -2.36. The van der Waals surface area contributed by atoms with E-state index in [1.165, 1.54) is 25.0 Å². The van der Waals surface area contributed by atoms with Crippen LogP contribution >= 0.6 is 0 Å². The molecule has 0 radical (unpaired) electrons. The minimum absolute atomic E-state index is 0.0236. The largest absolute Gasteiger partial charge is 0.378 e. The van der Waals surface area contributed by atoms with Crippen molar-refractivity contribution in [3.05, 3.63) is 48.3 Å². The highest BCUT2D eigenvalue weighted by Crippen LogP contribution is 2.36. The third-order valence-corrected chi connectivity index (χ3v) is 5.82. The first-order chi connectivity index (χ1) is 14.7. The van der Waals surface area contributed by atoms with Crippen molar-refractivity contribution < 1.29 is 13.9 Å². The molecule has 1 saturated heterocycles. The molecule has 0 unspecified atom stereocenters. The molecule has 1 amide bonds. The van der Waals surface area contributed by atoms with E-state index in [4.69, 9.17) is 9.84 Å². The second-order valence-corrected chi connectivity index (χ2v) is 8.04. The minimum Gasteiger partial charge on any atom is -0.378 e. The number of anilines is 2. The van der Waals surface area contributed by atoms with E-state index in [0.717, 1.165) is 36.1 Å². The average Bonchev–Trinajstić information content (AvgIpc) is 3.53. The normalized spacial score (nSPS) is 16.8. The number of carbonyl (C=O) groups excluding carboxylic acids is 1. The van der Waals surface area contributed by atoms with Gasteiger partial charge in [0, 0.05) is 19.5 Å². The Labute approximate surface area is 174 Å². The van der Waals surface area contributed by atoms with Crippen LogP contribution in [0.5, 0.6) is 0 Å². The molecule has 1 aliphatic heterocycles. The van der Waals surface area contributed by atoms with Crippen molar-refractivity contribution in [2.45, 2.75) is 25.7 Å². The van der Waals surface area contributed by atoms with Gasteiger partial charge in [0.1, 0.15) is 5.82 Å². The molecule has 5 rings (SSSR count). The second kappa shape index (κ2) is 8.07. The molecule has 1 saturated carbocycles. The highest BCUT2D eigenvalue weighted by molar-refractivity contribution is 6.06. The van der Waals surface area contributed by atoms with Gasteiger partial charge in [-0.2, -0.15) is 0 Å². The van der Waals surface area contributed by atoms with E-state index in [-0.39, 0.29) is 11.7 Å². The molecule has 2 aromatic carbocycles. The molecule has 2 heterocycles. The van der Waals surface area contributed by atoms with Crippen LogP contribution in [0.2, 0.25) is 0 Å². The molecule has 3 aromatic rings.